The summed E-state index contributed by atoms with van der Waals surface area (Å²) in [6.45, 7) is 4.83. The van der Waals surface area contributed by atoms with E-state index in [0.29, 0.717) is 19.5 Å². The number of carbonyl (C=O) groups excluding carboxylic acids is 1. The minimum atomic E-state index is -0.409. The number of hydrogen-bond donors (Lipinski definition) is 2. The van der Waals surface area contributed by atoms with Crippen LogP contribution >= 0.6 is 0 Å². The molecule has 1 atom stereocenters. The normalized spacial score (nSPS) is 12.0. The third-order valence-electron chi connectivity index (χ3n) is 2.86. The van der Waals surface area contributed by atoms with E-state index in [1.165, 1.54) is 0 Å². The number of rotatable bonds is 6. The smallest absolute Gasteiger partial charge is 0.239 e. The van der Waals surface area contributed by atoms with Gasteiger partial charge in [0.1, 0.15) is 0 Å². The first-order valence-electron chi connectivity index (χ1n) is 6.34. The van der Waals surface area contributed by atoms with Gasteiger partial charge in [0.15, 0.2) is 0 Å². The van der Waals surface area contributed by atoms with Crippen LogP contribution in [0.3, 0.4) is 0 Å². The monoisotopic (exact) mass is 250 g/mol. The minimum Gasteiger partial charge on any atom is -0.388 e. The van der Waals surface area contributed by atoms with E-state index >= 15 is 0 Å². The Morgan fingerprint density at radius 2 is 1.94 bits per heavy atom. The molecule has 2 N–H and O–H groups in total. The third kappa shape index (κ3) is 4.04. The first-order chi connectivity index (χ1) is 8.58. The maximum Gasteiger partial charge on any atom is 0.239 e. The predicted molar refractivity (Wildman–Crippen MR) is 73.6 cm³/mol. The van der Waals surface area contributed by atoms with Crippen LogP contribution in [0.1, 0.15) is 31.9 Å². The molecule has 0 spiro atoms. The van der Waals surface area contributed by atoms with Crippen LogP contribution in [-0.4, -0.2) is 31.2 Å². The van der Waals surface area contributed by atoms with Gasteiger partial charge in [-0.2, -0.15) is 0 Å². The van der Waals surface area contributed by atoms with E-state index in [1.54, 1.807) is 0 Å². The summed E-state index contributed by atoms with van der Waals surface area (Å²) >= 11 is 0. The lowest BCUT2D eigenvalue weighted by Gasteiger charge is -2.19. The molecule has 0 radical (unpaired) electrons. The summed E-state index contributed by atoms with van der Waals surface area (Å²) in [6.07, 6.45) is 0.293. The van der Waals surface area contributed by atoms with Gasteiger partial charge in [-0.1, -0.05) is 19.1 Å². The van der Waals surface area contributed by atoms with Crippen LogP contribution in [0.25, 0.3) is 0 Å². The number of amides is 1. The average Bonchev–Trinajstić information content (AvgIpc) is 2.38. The molecule has 0 aliphatic heterocycles. The molecule has 1 amide bonds. The van der Waals surface area contributed by atoms with Crippen LogP contribution in [-0.2, 0) is 4.79 Å². The zero-order valence-corrected chi connectivity index (χ0v) is 11.3. The first kappa shape index (κ1) is 14.5. The Bertz CT molecular complexity index is 376. The summed E-state index contributed by atoms with van der Waals surface area (Å²) in [5.41, 5.74) is 1.88. The van der Waals surface area contributed by atoms with Crippen molar-refractivity contribution in [2.45, 2.75) is 26.4 Å². The van der Waals surface area contributed by atoms with Crippen molar-refractivity contribution >= 4 is 11.6 Å². The lowest BCUT2D eigenvalue weighted by molar-refractivity contribution is -0.119. The number of hydrogen-bond acceptors (Lipinski definition) is 3. The molecule has 1 aromatic carbocycles. The lowest BCUT2D eigenvalue weighted by Crippen LogP contribution is -2.34. The summed E-state index contributed by atoms with van der Waals surface area (Å²) in [7, 11) is 1.88. The number of carbonyl (C=O) groups is 1. The Balaban J connectivity index is 2.64. The summed E-state index contributed by atoms with van der Waals surface area (Å²) in [4.78, 5) is 13.3. The van der Waals surface area contributed by atoms with Gasteiger partial charge in [-0.3, -0.25) is 4.79 Å². The summed E-state index contributed by atoms with van der Waals surface area (Å²) in [5.74, 6) is 0.0117. The van der Waals surface area contributed by atoms with Crippen LogP contribution in [0, 0.1) is 0 Å². The largest absolute Gasteiger partial charge is 0.388 e. The molecule has 0 aliphatic carbocycles. The van der Waals surface area contributed by atoms with E-state index in [0.717, 1.165) is 11.3 Å². The number of aliphatic hydroxyl groups excluding tert-OH is 1. The number of nitrogens with one attached hydrogen (secondary N) is 1. The van der Waals surface area contributed by atoms with Crippen molar-refractivity contribution in [3.8, 4) is 0 Å². The van der Waals surface area contributed by atoms with Crippen molar-refractivity contribution in [2.75, 3.05) is 25.0 Å². The van der Waals surface area contributed by atoms with Crippen LogP contribution in [0.4, 0.5) is 5.69 Å². The predicted octanol–water partition coefficient (Wildman–Crippen LogP) is 1.70. The Morgan fingerprint density at radius 1 is 1.33 bits per heavy atom. The molecule has 0 unspecified atom stereocenters. The standard InChI is InChI=1S/C14H22N2O2/c1-4-13(17)11-6-8-12(9-7-11)16(3)10-14(18)15-5-2/h6-9,13,17H,4-5,10H2,1-3H3,(H,15,18)/t13-/m0/s1. The zero-order chi connectivity index (χ0) is 13.5. The molecule has 0 bridgehead atoms. The second-order valence-electron chi connectivity index (χ2n) is 4.33. The third-order valence-corrected chi connectivity index (χ3v) is 2.86. The Morgan fingerprint density at radius 3 is 2.44 bits per heavy atom. The highest BCUT2D eigenvalue weighted by Crippen LogP contribution is 2.20. The second kappa shape index (κ2) is 7.01. The van der Waals surface area contributed by atoms with E-state index in [2.05, 4.69) is 5.32 Å². The highest BCUT2D eigenvalue weighted by atomic mass is 16.3. The SMILES string of the molecule is CCNC(=O)CN(C)c1ccc([C@@H](O)CC)cc1. The Hall–Kier alpha value is -1.55. The van der Waals surface area contributed by atoms with Crippen molar-refractivity contribution in [1.29, 1.82) is 0 Å². The van der Waals surface area contributed by atoms with Gasteiger partial charge in [0, 0.05) is 19.3 Å². The highest BCUT2D eigenvalue weighted by Gasteiger charge is 2.08. The van der Waals surface area contributed by atoms with Crippen LogP contribution < -0.4 is 10.2 Å². The van der Waals surface area contributed by atoms with Gasteiger partial charge in [-0.25, -0.2) is 0 Å². The molecule has 18 heavy (non-hydrogen) atoms. The molecule has 4 heteroatoms. The van der Waals surface area contributed by atoms with Crippen LogP contribution in [0.2, 0.25) is 0 Å². The van der Waals surface area contributed by atoms with E-state index in [-0.39, 0.29) is 5.91 Å². The van der Waals surface area contributed by atoms with Crippen molar-refractivity contribution < 1.29 is 9.90 Å². The molecular formula is C14H22N2O2. The van der Waals surface area contributed by atoms with Gasteiger partial charge in [-0.15, -0.1) is 0 Å². The van der Waals surface area contributed by atoms with E-state index in [9.17, 15) is 9.90 Å². The van der Waals surface area contributed by atoms with Crippen molar-refractivity contribution in [2.24, 2.45) is 0 Å². The van der Waals surface area contributed by atoms with Gasteiger partial charge >= 0.3 is 0 Å². The Kier molecular flexibility index (Phi) is 5.65. The fraction of sp³-hybridized carbons (Fsp3) is 0.500. The van der Waals surface area contributed by atoms with Crippen molar-refractivity contribution in [3.05, 3.63) is 29.8 Å². The number of aliphatic hydroxyl groups is 1. The fourth-order valence-electron chi connectivity index (χ4n) is 1.75. The van der Waals surface area contributed by atoms with Gasteiger partial charge in [0.2, 0.25) is 5.91 Å². The molecule has 4 nitrogen and oxygen atoms in total. The van der Waals surface area contributed by atoms with Gasteiger partial charge in [0.05, 0.1) is 12.6 Å². The minimum absolute atomic E-state index is 0.0117. The van der Waals surface area contributed by atoms with E-state index in [4.69, 9.17) is 0 Å². The van der Waals surface area contributed by atoms with Gasteiger partial charge < -0.3 is 15.3 Å². The molecule has 0 saturated carbocycles. The maximum absolute atomic E-state index is 11.5. The molecule has 0 fully saturated rings. The van der Waals surface area contributed by atoms with Crippen LogP contribution in [0.5, 0.6) is 0 Å². The number of likely N-dealkylation sites (N-methyl/N-ethyl adjacent to an activating group) is 2. The number of benzene rings is 1. The number of anilines is 1. The van der Waals surface area contributed by atoms with E-state index in [1.807, 2.05) is 50.1 Å². The highest BCUT2D eigenvalue weighted by molar-refractivity contribution is 5.81. The quantitative estimate of drug-likeness (QED) is 0.808. The first-order valence-corrected chi connectivity index (χ1v) is 6.34. The fourth-order valence-corrected chi connectivity index (χ4v) is 1.75. The van der Waals surface area contributed by atoms with Gasteiger partial charge in [0.25, 0.3) is 0 Å². The lowest BCUT2D eigenvalue weighted by atomic mass is 10.1. The topological polar surface area (TPSA) is 52.6 Å². The Labute approximate surface area is 109 Å². The maximum atomic E-state index is 11.5. The molecule has 0 saturated heterocycles. The van der Waals surface area contributed by atoms with Crippen molar-refractivity contribution in [1.82, 2.24) is 5.32 Å². The number of nitrogens with zero attached hydrogens (tertiary/aromatic N) is 1. The molecule has 100 valence electrons. The molecular weight excluding hydrogens is 228 g/mol. The van der Waals surface area contributed by atoms with Crippen LogP contribution in [0.15, 0.2) is 24.3 Å². The molecule has 1 rings (SSSR count). The second-order valence-corrected chi connectivity index (χ2v) is 4.33. The molecule has 0 aliphatic rings. The summed E-state index contributed by atoms with van der Waals surface area (Å²) in [5, 5.41) is 12.5. The van der Waals surface area contributed by atoms with Crippen molar-refractivity contribution in [3.63, 3.8) is 0 Å². The van der Waals surface area contributed by atoms with E-state index < -0.39 is 6.10 Å². The molecule has 1 aromatic rings. The molecule has 0 aromatic heterocycles. The summed E-state index contributed by atoms with van der Waals surface area (Å²) in [6, 6.07) is 7.65. The van der Waals surface area contributed by atoms with Gasteiger partial charge in [-0.05, 0) is 31.0 Å². The average molecular weight is 250 g/mol. The molecule has 0 heterocycles. The summed E-state index contributed by atoms with van der Waals surface area (Å²) < 4.78 is 0. The zero-order valence-electron chi connectivity index (χ0n) is 11.3.